The van der Waals surface area contributed by atoms with Gasteiger partial charge in [-0.25, -0.2) is 0 Å². The maximum absolute atomic E-state index is 5.13. The van der Waals surface area contributed by atoms with Gasteiger partial charge in [-0.3, -0.25) is 4.99 Å². The molecule has 22 heavy (non-hydrogen) atoms. The van der Waals surface area contributed by atoms with E-state index in [2.05, 4.69) is 20.5 Å². The smallest absolute Gasteiger partial charge is 0.190 e. The molecule has 0 aromatic carbocycles. The van der Waals surface area contributed by atoms with Crippen molar-refractivity contribution < 1.29 is 9.47 Å². The Bertz CT molecular complexity index is 285. The van der Waals surface area contributed by atoms with Crippen molar-refractivity contribution in [2.45, 2.75) is 19.3 Å². The van der Waals surface area contributed by atoms with Gasteiger partial charge in [-0.2, -0.15) is 0 Å². The van der Waals surface area contributed by atoms with E-state index in [-0.39, 0.29) is 24.0 Å². The number of piperidine rings is 1. The lowest BCUT2D eigenvalue weighted by atomic mass is 9.97. The molecule has 0 aromatic heterocycles. The quantitative estimate of drug-likeness (QED) is 0.250. The topological polar surface area (TPSA) is 58.1 Å². The number of methoxy groups -OCH3 is 2. The Labute approximate surface area is 152 Å². The summed E-state index contributed by atoms with van der Waals surface area (Å²) in [4.78, 5) is 6.74. The summed E-state index contributed by atoms with van der Waals surface area (Å²) >= 11 is 0. The van der Waals surface area contributed by atoms with Crippen LogP contribution in [0, 0.1) is 5.92 Å². The Morgan fingerprint density at radius 1 is 1.14 bits per heavy atom. The molecule has 1 rings (SSSR count). The van der Waals surface area contributed by atoms with Gasteiger partial charge in [0.15, 0.2) is 5.96 Å². The third-order valence-electron chi connectivity index (χ3n) is 3.92. The molecule has 0 atom stereocenters. The molecule has 0 saturated carbocycles. The van der Waals surface area contributed by atoms with Crippen molar-refractivity contribution in [3.05, 3.63) is 0 Å². The zero-order chi connectivity index (χ0) is 15.3. The first-order valence-corrected chi connectivity index (χ1v) is 7.95. The SMILES string of the molecule is CN=C(NCCCOC)NCC1CCN(CCOC)CC1.I. The van der Waals surface area contributed by atoms with Crippen molar-refractivity contribution >= 4 is 29.9 Å². The van der Waals surface area contributed by atoms with E-state index in [9.17, 15) is 0 Å². The fourth-order valence-corrected chi connectivity index (χ4v) is 2.52. The van der Waals surface area contributed by atoms with Crippen LogP contribution >= 0.6 is 24.0 Å². The molecule has 0 bridgehead atoms. The third-order valence-corrected chi connectivity index (χ3v) is 3.92. The fourth-order valence-electron chi connectivity index (χ4n) is 2.52. The van der Waals surface area contributed by atoms with Crippen molar-refractivity contribution in [3.63, 3.8) is 0 Å². The summed E-state index contributed by atoms with van der Waals surface area (Å²) in [6.07, 6.45) is 3.49. The van der Waals surface area contributed by atoms with E-state index < -0.39 is 0 Å². The molecule has 2 N–H and O–H groups in total. The Kier molecular flexibility index (Phi) is 14.4. The maximum atomic E-state index is 5.13. The van der Waals surface area contributed by atoms with E-state index in [0.717, 1.165) is 51.1 Å². The Morgan fingerprint density at radius 2 is 1.82 bits per heavy atom. The summed E-state index contributed by atoms with van der Waals surface area (Å²) in [6.45, 7) is 6.92. The summed E-state index contributed by atoms with van der Waals surface area (Å²) in [5.41, 5.74) is 0. The molecule has 0 unspecified atom stereocenters. The van der Waals surface area contributed by atoms with E-state index in [4.69, 9.17) is 9.47 Å². The molecule has 1 fully saturated rings. The van der Waals surface area contributed by atoms with E-state index in [1.165, 1.54) is 25.9 Å². The van der Waals surface area contributed by atoms with E-state index in [1.54, 1.807) is 14.2 Å². The van der Waals surface area contributed by atoms with E-state index in [0.29, 0.717) is 0 Å². The van der Waals surface area contributed by atoms with Crippen LogP contribution in [0.4, 0.5) is 0 Å². The van der Waals surface area contributed by atoms with Crippen molar-refractivity contribution in [1.29, 1.82) is 0 Å². The Balaban J connectivity index is 0.00000441. The molecular formula is C15H33IN4O2. The van der Waals surface area contributed by atoms with Crippen molar-refractivity contribution in [3.8, 4) is 0 Å². The average molecular weight is 428 g/mol. The molecule has 6 nitrogen and oxygen atoms in total. The molecule has 1 aliphatic rings. The summed E-state index contributed by atoms with van der Waals surface area (Å²) in [6, 6.07) is 0. The lowest BCUT2D eigenvalue weighted by Crippen LogP contribution is -2.43. The van der Waals surface area contributed by atoms with Crippen molar-refractivity contribution in [2.75, 3.05) is 67.2 Å². The number of nitrogens with one attached hydrogen (secondary N) is 2. The standard InChI is InChI=1S/C15H32N4O2.HI/c1-16-15(17-7-4-11-20-2)18-13-14-5-8-19(9-6-14)10-12-21-3;/h14H,4-13H2,1-3H3,(H2,16,17,18);1H. The van der Waals surface area contributed by atoms with Crippen LogP contribution in [0.1, 0.15) is 19.3 Å². The number of rotatable bonds is 9. The number of likely N-dealkylation sites (tertiary alicyclic amines) is 1. The van der Waals surface area contributed by atoms with Gasteiger partial charge in [0.05, 0.1) is 6.61 Å². The van der Waals surface area contributed by atoms with Gasteiger partial charge in [0.25, 0.3) is 0 Å². The van der Waals surface area contributed by atoms with Gasteiger partial charge in [0.1, 0.15) is 0 Å². The number of nitrogens with zero attached hydrogens (tertiary/aromatic N) is 2. The second-order valence-electron chi connectivity index (χ2n) is 5.50. The first-order valence-electron chi connectivity index (χ1n) is 7.95. The first kappa shape index (κ1) is 21.9. The molecule has 1 saturated heterocycles. The number of ether oxygens (including phenoxy) is 2. The molecule has 132 valence electrons. The van der Waals surface area contributed by atoms with Crippen LogP contribution in [0.25, 0.3) is 0 Å². The molecule has 1 heterocycles. The molecule has 7 heteroatoms. The minimum absolute atomic E-state index is 0. The predicted molar refractivity (Wildman–Crippen MR) is 102 cm³/mol. The second-order valence-corrected chi connectivity index (χ2v) is 5.50. The second kappa shape index (κ2) is 14.5. The molecule has 0 amide bonds. The lowest BCUT2D eigenvalue weighted by molar-refractivity contribution is 0.121. The van der Waals surface area contributed by atoms with Crippen LogP contribution in [0.2, 0.25) is 0 Å². The predicted octanol–water partition coefficient (Wildman–Crippen LogP) is 1.16. The number of guanidine groups is 1. The Morgan fingerprint density at radius 3 is 2.41 bits per heavy atom. The van der Waals surface area contributed by atoms with Crippen LogP contribution < -0.4 is 10.6 Å². The van der Waals surface area contributed by atoms with Gasteiger partial charge >= 0.3 is 0 Å². The molecular weight excluding hydrogens is 395 g/mol. The van der Waals surface area contributed by atoms with Crippen LogP contribution in [0.15, 0.2) is 4.99 Å². The van der Waals surface area contributed by atoms with Crippen molar-refractivity contribution in [1.82, 2.24) is 15.5 Å². The van der Waals surface area contributed by atoms with Crippen LogP contribution in [-0.4, -0.2) is 78.1 Å². The van der Waals surface area contributed by atoms with E-state index in [1.807, 2.05) is 7.05 Å². The minimum Gasteiger partial charge on any atom is -0.385 e. The highest BCUT2D eigenvalue weighted by Gasteiger charge is 2.18. The fraction of sp³-hybridized carbons (Fsp3) is 0.933. The Hall–Kier alpha value is -0.120. The maximum Gasteiger partial charge on any atom is 0.190 e. The first-order chi connectivity index (χ1) is 10.3. The molecule has 0 aliphatic carbocycles. The van der Waals surface area contributed by atoms with Crippen LogP contribution in [-0.2, 0) is 9.47 Å². The molecule has 0 aromatic rings. The number of hydrogen-bond acceptors (Lipinski definition) is 4. The zero-order valence-corrected chi connectivity index (χ0v) is 16.6. The van der Waals surface area contributed by atoms with Gasteiger partial charge < -0.3 is 25.0 Å². The molecule has 0 radical (unpaired) electrons. The minimum atomic E-state index is 0. The summed E-state index contributed by atoms with van der Waals surface area (Å²) < 4.78 is 10.2. The van der Waals surface area contributed by atoms with Gasteiger partial charge in [0, 0.05) is 47.5 Å². The zero-order valence-electron chi connectivity index (χ0n) is 14.3. The summed E-state index contributed by atoms with van der Waals surface area (Å²) in [7, 11) is 5.31. The molecule has 1 aliphatic heterocycles. The number of hydrogen-bond donors (Lipinski definition) is 2. The number of aliphatic imine (C=N–C) groups is 1. The lowest BCUT2D eigenvalue weighted by Gasteiger charge is -2.32. The largest absolute Gasteiger partial charge is 0.385 e. The van der Waals surface area contributed by atoms with Gasteiger partial charge in [-0.05, 0) is 38.3 Å². The highest BCUT2D eigenvalue weighted by molar-refractivity contribution is 14.0. The van der Waals surface area contributed by atoms with Crippen LogP contribution in [0.3, 0.4) is 0 Å². The van der Waals surface area contributed by atoms with Crippen molar-refractivity contribution in [2.24, 2.45) is 10.9 Å². The van der Waals surface area contributed by atoms with Crippen LogP contribution in [0.5, 0.6) is 0 Å². The van der Waals surface area contributed by atoms with E-state index >= 15 is 0 Å². The summed E-state index contributed by atoms with van der Waals surface area (Å²) in [5.74, 6) is 1.63. The highest BCUT2D eigenvalue weighted by atomic mass is 127. The molecule has 0 spiro atoms. The normalized spacial score (nSPS) is 17.1. The average Bonchev–Trinajstić information content (AvgIpc) is 2.53. The summed E-state index contributed by atoms with van der Waals surface area (Å²) in [5, 5.41) is 6.74. The third kappa shape index (κ3) is 9.81. The van der Waals surface area contributed by atoms with Gasteiger partial charge in [-0.1, -0.05) is 0 Å². The monoisotopic (exact) mass is 428 g/mol. The van der Waals surface area contributed by atoms with Gasteiger partial charge in [-0.15, -0.1) is 24.0 Å². The highest BCUT2D eigenvalue weighted by Crippen LogP contribution is 2.15. The van der Waals surface area contributed by atoms with Gasteiger partial charge in [0.2, 0.25) is 0 Å². The number of halogens is 1.